The number of amides is 1. The van der Waals surface area contributed by atoms with E-state index in [1.165, 1.54) is 0 Å². The highest BCUT2D eigenvalue weighted by Gasteiger charge is 2.43. The Morgan fingerprint density at radius 3 is 2.45 bits per heavy atom. The Kier molecular flexibility index (Phi) is 5.38. The third-order valence-corrected chi connectivity index (χ3v) is 3.38. The zero-order chi connectivity index (χ0) is 15.5. The Morgan fingerprint density at radius 2 is 2.00 bits per heavy atom. The summed E-state index contributed by atoms with van der Waals surface area (Å²) in [6, 6.07) is 0.154. The van der Waals surface area contributed by atoms with Crippen molar-refractivity contribution < 1.29 is 27.5 Å². The number of likely N-dealkylation sites (tertiary alicyclic amines) is 1. The molecule has 1 amide bonds. The molecule has 1 rings (SSSR count). The number of alkyl halides is 3. The molecule has 0 aliphatic carbocycles. The van der Waals surface area contributed by atoms with Crippen LogP contribution in [0.25, 0.3) is 0 Å². The first-order valence-electron chi connectivity index (χ1n) is 6.44. The fraction of sp³-hybridized carbons (Fsp3) is 0.833. The van der Waals surface area contributed by atoms with Crippen LogP contribution >= 0.6 is 0 Å². The van der Waals surface area contributed by atoms with Gasteiger partial charge in [0.25, 0.3) is 5.91 Å². The first kappa shape index (κ1) is 16.7. The molecule has 0 aromatic heterocycles. The molecule has 0 radical (unpaired) electrons. The summed E-state index contributed by atoms with van der Waals surface area (Å²) < 4.78 is 40.6. The van der Waals surface area contributed by atoms with Crippen LogP contribution in [-0.2, 0) is 14.3 Å². The molecule has 2 atom stereocenters. The Morgan fingerprint density at radius 1 is 1.40 bits per heavy atom. The average Bonchev–Trinajstić information content (AvgIpc) is 2.74. The van der Waals surface area contributed by atoms with E-state index in [4.69, 9.17) is 5.73 Å². The van der Waals surface area contributed by atoms with E-state index in [9.17, 15) is 22.8 Å². The van der Waals surface area contributed by atoms with Crippen molar-refractivity contribution >= 4 is 11.9 Å². The summed E-state index contributed by atoms with van der Waals surface area (Å²) in [5.41, 5.74) is 5.02. The molecule has 1 unspecified atom stereocenters. The van der Waals surface area contributed by atoms with Crippen LogP contribution in [0.15, 0.2) is 0 Å². The van der Waals surface area contributed by atoms with Crippen LogP contribution in [0.5, 0.6) is 0 Å². The Balaban J connectivity index is 2.68. The molecular weight excluding hydrogens is 277 g/mol. The number of ether oxygens (including phenoxy) is 1. The fourth-order valence-electron chi connectivity index (χ4n) is 2.43. The molecule has 0 aromatic rings. The van der Waals surface area contributed by atoms with Gasteiger partial charge in [-0.25, -0.2) is 4.79 Å². The van der Waals surface area contributed by atoms with E-state index < -0.39 is 24.2 Å². The number of nitrogens with zero attached hydrogens (tertiary/aromatic N) is 1. The van der Waals surface area contributed by atoms with Crippen LogP contribution in [0, 0.1) is 5.92 Å². The van der Waals surface area contributed by atoms with Crippen LogP contribution in [0.4, 0.5) is 13.2 Å². The second kappa shape index (κ2) is 6.43. The lowest BCUT2D eigenvalue weighted by atomic mass is 10.0. The standard InChI is InChI=1S/C12H19F3N2O3/c1-7(2)8-4-3-5-17(8)6-9(10(16)18)20-11(19)12(13,14)15/h7-9H,3-6H2,1-2H3,(H2,16,18)/t8?,9-/m1/s1. The maximum absolute atomic E-state index is 12.2. The molecule has 2 N–H and O–H groups in total. The maximum Gasteiger partial charge on any atom is 0.490 e. The molecule has 116 valence electrons. The summed E-state index contributed by atoms with van der Waals surface area (Å²) in [6.07, 6.45) is -4.92. The molecule has 0 saturated carbocycles. The zero-order valence-electron chi connectivity index (χ0n) is 11.4. The van der Waals surface area contributed by atoms with Gasteiger partial charge in [-0.1, -0.05) is 13.8 Å². The number of carbonyl (C=O) groups excluding carboxylic acids is 2. The second-order valence-electron chi connectivity index (χ2n) is 5.24. The Labute approximate surface area is 115 Å². The Hall–Kier alpha value is -1.31. The number of hydrogen-bond acceptors (Lipinski definition) is 4. The quantitative estimate of drug-likeness (QED) is 0.770. The summed E-state index contributed by atoms with van der Waals surface area (Å²) in [5, 5.41) is 0. The van der Waals surface area contributed by atoms with Crippen LogP contribution in [0.3, 0.4) is 0 Å². The smallest absolute Gasteiger partial charge is 0.444 e. The number of carbonyl (C=O) groups is 2. The van der Waals surface area contributed by atoms with Gasteiger partial charge in [-0.2, -0.15) is 13.2 Å². The predicted molar refractivity (Wildman–Crippen MR) is 64.6 cm³/mol. The Bertz CT molecular complexity index is 371. The topological polar surface area (TPSA) is 72.6 Å². The van der Waals surface area contributed by atoms with Crippen molar-refractivity contribution in [3.05, 3.63) is 0 Å². The molecule has 8 heteroatoms. The van der Waals surface area contributed by atoms with E-state index in [0.29, 0.717) is 12.5 Å². The van der Waals surface area contributed by atoms with Gasteiger partial charge >= 0.3 is 12.1 Å². The molecule has 1 heterocycles. The van der Waals surface area contributed by atoms with Crippen LogP contribution in [-0.4, -0.2) is 48.2 Å². The van der Waals surface area contributed by atoms with Gasteiger partial charge in [0.1, 0.15) is 0 Å². The number of hydrogen-bond donors (Lipinski definition) is 1. The highest BCUT2D eigenvalue weighted by molar-refractivity contribution is 5.84. The minimum Gasteiger partial charge on any atom is -0.444 e. The van der Waals surface area contributed by atoms with E-state index in [1.807, 2.05) is 18.7 Å². The van der Waals surface area contributed by atoms with E-state index >= 15 is 0 Å². The van der Waals surface area contributed by atoms with Crippen LogP contribution in [0.1, 0.15) is 26.7 Å². The highest BCUT2D eigenvalue weighted by Crippen LogP contribution is 2.25. The van der Waals surface area contributed by atoms with Gasteiger partial charge in [0.15, 0.2) is 6.10 Å². The minimum atomic E-state index is -5.13. The first-order chi connectivity index (χ1) is 9.12. The monoisotopic (exact) mass is 296 g/mol. The van der Waals surface area contributed by atoms with Crippen molar-refractivity contribution in [2.75, 3.05) is 13.1 Å². The van der Waals surface area contributed by atoms with Crippen LogP contribution in [0.2, 0.25) is 0 Å². The van der Waals surface area contributed by atoms with Crippen molar-refractivity contribution in [1.82, 2.24) is 4.90 Å². The number of rotatable bonds is 5. The maximum atomic E-state index is 12.2. The molecule has 1 aliphatic heterocycles. The first-order valence-corrected chi connectivity index (χ1v) is 6.44. The fourth-order valence-corrected chi connectivity index (χ4v) is 2.43. The van der Waals surface area contributed by atoms with E-state index in [-0.39, 0.29) is 12.6 Å². The molecule has 0 aromatic carbocycles. The normalized spacial score (nSPS) is 22.0. The van der Waals surface area contributed by atoms with Crippen molar-refractivity contribution in [1.29, 1.82) is 0 Å². The van der Waals surface area contributed by atoms with E-state index in [0.717, 1.165) is 12.8 Å². The van der Waals surface area contributed by atoms with Gasteiger partial charge in [-0.15, -0.1) is 0 Å². The molecular formula is C12H19F3N2O3. The predicted octanol–water partition coefficient (Wildman–Crippen LogP) is 1.07. The largest absolute Gasteiger partial charge is 0.490 e. The van der Waals surface area contributed by atoms with Crippen molar-refractivity contribution in [2.45, 2.75) is 45.0 Å². The summed E-state index contributed by atoms with van der Waals surface area (Å²) >= 11 is 0. The second-order valence-corrected chi connectivity index (χ2v) is 5.24. The molecule has 0 spiro atoms. The van der Waals surface area contributed by atoms with Gasteiger partial charge in [0.2, 0.25) is 0 Å². The lowest BCUT2D eigenvalue weighted by Gasteiger charge is -2.29. The third kappa shape index (κ3) is 4.36. The lowest BCUT2D eigenvalue weighted by Crippen LogP contribution is -2.47. The highest BCUT2D eigenvalue weighted by atomic mass is 19.4. The van der Waals surface area contributed by atoms with Gasteiger partial charge < -0.3 is 10.5 Å². The number of primary amides is 1. The van der Waals surface area contributed by atoms with Crippen LogP contribution < -0.4 is 5.73 Å². The summed E-state index contributed by atoms with van der Waals surface area (Å²) in [6.45, 7) is 4.53. The number of nitrogens with two attached hydrogens (primary N) is 1. The van der Waals surface area contributed by atoms with Crippen molar-refractivity contribution in [2.24, 2.45) is 11.7 Å². The molecule has 1 aliphatic rings. The number of halogens is 3. The lowest BCUT2D eigenvalue weighted by molar-refractivity contribution is -0.205. The third-order valence-electron chi connectivity index (χ3n) is 3.38. The minimum absolute atomic E-state index is 0.0972. The molecule has 0 bridgehead atoms. The molecule has 1 saturated heterocycles. The van der Waals surface area contributed by atoms with Gasteiger partial charge in [-0.05, 0) is 25.3 Å². The van der Waals surface area contributed by atoms with Crippen molar-refractivity contribution in [3.8, 4) is 0 Å². The van der Waals surface area contributed by atoms with Gasteiger partial charge in [0, 0.05) is 12.6 Å². The van der Waals surface area contributed by atoms with Gasteiger partial charge in [-0.3, -0.25) is 9.69 Å². The number of esters is 1. The summed E-state index contributed by atoms with van der Waals surface area (Å²) in [5.74, 6) is -3.16. The average molecular weight is 296 g/mol. The van der Waals surface area contributed by atoms with Gasteiger partial charge in [0.05, 0.1) is 0 Å². The van der Waals surface area contributed by atoms with E-state index in [1.54, 1.807) is 0 Å². The zero-order valence-corrected chi connectivity index (χ0v) is 11.4. The van der Waals surface area contributed by atoms with Crippen molar-refractivity contribution in [3.63, 3.8) is 0 Å². The summed E-state index contributed by atoms with van der Waals surface area (Å²) in [7, 11) is 0. The molecule has 20 heavy (non-hydrogen) atoms. The van der Waals surface area contributed by atoms with E-state index in [2.05, 4.69) is 4.74 Å². The SMILES string of the molecule is CC(C)C1CCCN1C[C@@H](OC(=O)C(F)(F)F)C(N)=O. The molecule has 1 fully saturated rings. The summed E-state index contributed by atoms with van der Waals surface area (Å²) in [4.78, 5) is 23.8. The molecule has 5 nitrogen and oxygen atoms in total.